The highest BCUT2D eigenvalue weighted by Gasteiger charge is 2.37. The summed E-state index contributed by atoms with van der Waals surface area (Å²) in [5, 5.41) is 3.29. The number of fused-ring (bicyclic) bond motifs is 1. The Balaban J connectivity index is 1.77. The van der Waals surface area contributed by atoms with Gasteiger partial charge in [-0.1, -0.05) is 0 Å². The van der Waals surface area contributed by atoms with Gasteiger partial charge in [-0.15, -0.1) is 0 Å². The van der Waals surface area contributed by atoms with Crippen LogP contribution in [0.15, 0.2) is 0 Å². The number of aryl methyl sites for hydroxylation is 1. The van der Waals surface area contributed by atoms with Crippen LogP contribution in [-0.2, 0) is 9.47 Å². The van der Waals surface area contributed by atoms with Crippen molar-refractivity contribution in [1.29, 1.82) is 0 Å². The molecular formula is C15H21N3O4S. The first-order chi connectivity index (χ1) is 11.1. The minimum atomic E-state index is -0.482. The molecule has 1 aliphatic heterocycles. The number of hydrogen-bond donors (Lipinski definition) is 1. The molecule has 1 N–H and O–H groups in total. The molecule has 0 spiro atoms. The van der Waals surface area contributed by atoms with Crippen LogP contribution in [0.1, 0.15) is 41.7 Å². The number of ether oxygens (including phenoxy) is 2. The van der Waals surface area contributed by atoms with Crippen LogP contribution in [0.3, 0.4) is 0 Å². The first-order valence-corrected chi connectivity index (χ1v) is 8.63. The smallest absolute Gasteiger partial charge is 0.342 e. The van der Waals surface area contributed by atoms with Crippen molar-refractivity contribution in [3.63, 3.8) is 0 Å². The zero-order valence-corrected chi connectivity index (χ0v) is 14.1. The summed E-state index contributed by atoms with van der Waals surface area (Å²) in [6.07, 6.45) is 4.00. The van der Waals surface area contributed by atoms with E-state index in [2.05, 4.69) is 9.69 Å². The molecule has 0 radical (unpaired) electrons. The fourth-order valence-electron chi connectivity index (χ4n) is 3.31. The highest BCUT2D eigenvalue weighted by Crippen LogP contribution is 2.31. The van der Waals surface area contributed by atoms with E-state index in [1.165, 1.54) is 7.11 Å². The average Bonchev–Trinajstić information content (AvgIpc) is 3.08. The summed E-state index contributed by atoms with van der Waals surface area (Å²) in [7, 11) is 1.32. The number of aromatic nitrogens is 1. The van der Waals surface area contributed by atoms with Gasteiger partial charge in [-0.25, -0.2) is 9.59 Å². The number of nitrogens with one attached hydrogen (secondary N) is 1. The molecular weight excluding hydrogens is 318 g/mol. The first-order valence-electron chi connectivity index (χ1n) is 7.85. The van der Waals surface area contributed by atoms with Gasteiger partial charge in [0.05, 0.1) is 24.9 Å². The summed E-state index contributed by atoms with van der Waals surface area (Å²) in [5.41, 5.74) is 0.898. The lowest BCUT2D eigenvalue weighted by atomic mass is 10.2. The number of carbonyl (C=O) groups is 2. The van der Waals surface area contributed by atoms with E-state index in [0.29, 0.717) is 29.4 Å². The van der Waals surface area contributed by atoms with Crippen LogP contribution >= 0.6 is 11.5 Å². The molecule has 2 heterocycles. The van der Waals surface area contributed by atoms with Gasteiger partial charge < -0.3 is 14.4 Å². The van der Waals surface area contributed by atoms with Gasteiger partial charge in [-0.05, 0) is 44.1 Å². The topological polar surface area (TPSA) is 80.8 Å². The van der Waals surface area contributed by atoms with E-state index >= 15 is 0 Å². The van der Waals surface area contributed by atoms with Gasteiger partial charge in [0, 0.05) is 13.2 Å². The third-order valence-corrected chi connectivity index (χ3v) is 5.28. The van der Waals surface area contributed by atoms with Gasteiger partial charge in [0.25, 0.3) is 0 Å². The predicted octanol–water partition coefficient (Wildman–Crippen LogP) is 2.41. The van der Waals surface area contributed by atoms with Gasteiger partial charge >= 0.3 is 12.0 Å². The van der Waals surface area contributed by atoms with E-state index in [1.807, 2.05) is 4.90 Å². The normalized spacial score (nSPS) is 24.0. The molecule has 1 saturated carbocycles. The molecule has 0 unspecified atom stereocenters. The Morgan fingerprint density at radius 3 is 3.00 bits per heavy atom. The van der Waals surface area contributed by atoms with Crippen LogP contribution in [-0.4, -0.2) is 53.7 Å². The van der Waals surface area contributed by atoms with E-state index < -0.39 is 5.97 Å². The number of hydrogen-bond acceptors (Lipinski definition) is 6. The second kappa shape index (κ2) is 6.84. The predicted molar refractivity (Wildman–Crippen MR) is 85.9 cm³/mol. The van der Waals surface area contributed by atoms with Crippen LogP contribution in [0.4, 0.5) is 9.80 Å². The van der Waals surface area contributed by atoms with Crippen molar-refractivity contribution in [1.82, 2.24) is 9.27 Å². The molecule has 2 atom stereocenters. The number of rotatable bonds is 2. The molecule has 2 aliphatic rings. The summed E-state index contributed by atoms with van der Waals surface area (Å²) in [4.78, 5) is 26.4. The number of esters is 1. The molecule has 126 valence electrons. The second-order valence-electron chi connectivity index (χ2n) is 5.85. The fourth-order valence-corrected chi connectivity index (χ4v) is 4.09. The van der Waals surface area contributed by atoms with Gasteiger partial charge in [0.15, 0.2) is 0 Å². The zero-order chi connectivity index (χ0) is 16.4. The molecule has 1 aromatic heterocycles. The lowest BCUT2D eigenvalue weighted by molar-refractivity contribution is 0.0413. The molecule has 0 aromatic carbocycles. The average molecular weight is 339 g/mol. The van der Waals surface area contributed by atoms with Crippen molar-refractivity contribution in [3.8, 4) is 0 Å². The van der Waals surface area contributed by atoms with E-state index in [0.717, 1.165) is 37.2 Å². The molecule has 2 fully saturated rings. The largest absolute Gasteiger partial charge is 0.465 e. The third-order valence-electron chi connectivity index (χ3n) is 4.43. The summed E-state index contributed by atoms with van der Waals surface area (Å²) < 4.78 is 14.8. The van der Waals surface area contributed by atoms with Crippen LogP contribution in [0.5, 0.6) is 0 Å². The van der Waals surface area contributed by atoms with Crippen molar-refractivity contribution >= 4 is 28.5 Å². The molecule has 1 saturated heterocycles. The lowest BCUT2D eigenvalue weighted by Gasteiger charge is -2.29. The third kappa shape index (κ3) is 3.18. The zero-order valence-electron chi connectivity index (χ0n) is 13.3. The Kier molecular flexibility index (Phi) is 4.82. The highest BCUT2D eigenvalue weighted by molar-refractivity contribution is 7.11. The number of methoxy groups -OCH3 is 1. The van der Waals surface area contributed by atoms with E-state index in [9.17, 15) is 9.59 Å². The molecule has 3 rings (SSSR count). The van der Waals surface area contributed by atoms with Gasteiger partial charge in [0.1, 0.15) is 10.6 Å². The van der Waals surface area contributed by atoms with Crippen LogP contribution in [0.2, 0.25) is 0 Å². The van der Waals surface area contributed by atoms with E-state index in [1.54, 1.807) is 6.92 Å². The summed E-state index contributed by atoms with van der Waals surface area (Å²) in [6.45, 7) is 3.08. The number of carbonyl (C=O) groups excluding carboxylic acids is 2. The van der Waals surface area contributed by atoms with E-state index in [-0.39, 0.29) is 18.2 Å². The van der Waals surface area contributed by atoms with Crippen molar-refractivity contribution in [2.45, 2.75) is 44.8 Å². The van der Waals surface area contributed by atoms with Crippen molar-refractivity contribution in [2.24, 2.45) is 0 Å². The fraction of sp³-hybridized carbons (Fsp3) is 0.667. The molecule has 1 aliphatic carbocycles. The maximum atomic E-state index is 12.7. The van der Waals surface area contributed by atoms with Crippen LogP contribution in [0, 0.1) is 6.92 Å². The van der Waals surface area contributed by atoms with Gasteiger partial charge in [0.2, 0.25) is 0 Å². The maximum absolute atomic E-state index is 12.7. The van der Waals surface area contributed by atoms with Crippen molar-refractivity contribution in [3.05, 3.63) is 11.3 Å². The van der Waals surface area contributed by atoms with Gasteiger partial charge in [-0.2, -0.15) is 4.37 Å². The number of amides is 2. The SMILES string of the molecule is COC(=O)c1c(C)nsc1NC(=O)N1CCCO[C@@H]2CCC[C@H]21. The summed E-state index contributed by atoms with van der Waals surface area (Å²) in [5.74, 6) is -0.482. The molecule has 0 bridgehead atoms. The molecule has 1 aromatic rings. The van der Waals surface area contributed by atoms with Crippen LogP contribution in [0.25, 0.3) is 0 Å². The number of nitrogens with zero attached hydrogens (tertiary/aromatic N) is 2. The lowest BCUT2D eigenvalue weighted by Crippen LogP contribution is -2.46. The van der Waals surface area contributed by atoms with Crippen molar-refractivity contribution in [2.75, 3.05) is 25.6 Å². The molecule has 2 amide bonds. The standard InChI is InChI=1S/C15H21N3O4S/c1-9-12(14(19)21-2)13(23-17-9)16-15(20)18-7-4-8-22-11-6-3-5-10(11)18/h10-11H,3-8H2,1-2H3,(H,16,20)/t10-,11-/m1/s1. The molecule has 23 heavy (non-hydrogen) atoms. The van der Waals surface area contributed by atoms with E-state index in [4.69, 9.17) is 9.47 Å². The minimum Gasteiger partial charge on any atom is -0.465 e. The Bertz CT molecular complexity index is 604. The number of anilines is 1. The Hall–Kier alpha value is -1.67. The Labute approximate surface area is 139 Å². The second-order valence-corrected chi connectivity index (χ2v) is 6.62. The first kappa shape index (κ1) is 16.2. The van der Waals surface area contributed by atoms with Gasteiger partial charge in [-0.3, -0.25) is 5.32 Å². The minimum absolute atomic E-state index is 0.119. The highest BCUT2D eigenvalue weighted by atomic mass is 32.1. The summed E-state index contributed by atoms with van der Waals surface area (Å²) in [6, 6.07) is -0.0747. The molecule has 8 heteroatoms. The monoisotopic (exact) mass is 339 g/mol. The Morgan fingerprint density at radius 1 is 1.39 bits per heavy atom. The maximum Gasteiger partial charge on any atom is 0.342 e. The quantitative estimate of drug-likeness (QED) is 0.837. The Morgan fingerprint density at radius 2 is 2.22 bits per heavy atom. The van der Waals surface area contributed by atoms with Crippen LogP contribution < -0.4 is 5.32 Å². The van der Waals surface area contributed by atoms with Crippen molar-refractivity contribution < 1.29 is 19.1 Å². The molecule has 7 nitrogen and oxygen atoms in total. The number of urea groups is 1. The summed E-state index contributed by atoms with van der Waals surface area (Å²) >= 11 is 1.10.